The van der Waals surface area contributed by atoms with Crippen molar-refractivity contribution >= 4 is 29.2 Å². The Morgan fingerprint density at radius 3 is 2.45 bits per heavy atom. The zero-order valence-corrected chi connectivity index (χ0v) is 19.8. The molecule has 2 aromatic carbocycles. The molecule has 33 heavy (non-hydrogen) atoms. The number of carbonyl (C=O) groups is 2. The van der Waals surface area contributed by atoms with E-state index in [2.05, 4.69) is 4.90 Å². The summed E-state index contributed by atoms with van der Waals surface area (Å²) >= 11 is 6.06. The maximum absolute atomic E-state index is 12.9. The van der Waals surface area contributed by atoms with Crippen molar-refractivity contribution in [2.75, 3.05) is 64.9 Å². The lowest BCUT2D eigenvalue weighted by Crippen LogP contribution is -2.51. The lowest BCUT2D eigenvalue weighted by molar-refractivity contribution is -0.133. The van der Waals surface area contributed by atoms with Crippen LogP contribution in [0.4, 0.5) is 10.5 Å². The predicted octanol–water partition coefficient (Wildman–Crippen LogP) is 2.94. The predicted molar refractivity (Wildman–Crippen MR) is 127 cm³/mol. The zero-order chi connectivity index (χ0) is 23.4. The van der Waals surface area contributed by atoms with Gasteiger partial charge in [-0.3, -0.25) is 14.6 Å². The van der Waals surface area contributed by atoms with Gasteiger partial charge in [-0.05, 0) is 36.4 Å². The van der Waals surface area contributed by atoms with E-state index >= 15 is 0 Å². The van der Waals surface area contributed by atoms with Crippen LogP contribution in [-0.4, -0.2) is 86.7 Å². The Balaban J connectivity index is 1.29. The van der Waals surface area contributed by atoms with Gasteiger partial charge in [0.2, 0.25) is 5.91 Å². The average molecular weight is 473 g/mol. The number of halogens is 1. The van der Waals surface area contributed by atoms with Crippen LogP contribution in [0.3, 0.4) is 0 Å². The monoisotopic (exact) mass is 472 g/mol. The molecule has 0 atom stereocenters. The first kappa shape index (κ1) is 23.2. The third-order valence-electron chi connectivity index (χ3n) is 6.15. The molecule has 0 radical (unpaired) electrons. The van der Waals surface area contributed by atoms with Gasteiger partial charge in [0.05, 0.1) is 14.2 Å². The topological polar surface area (TPSA) is 65.6 Å². The summed E-state index contributed by atoms with van der Waals surface area (Å²) in [5, 5.41) is 0.583. The number of ether oxygens (including phenoxy) is 2. The van der Waals surface area contributed by atoms with E-state index in [1.807, 2.05) is 35.2 Å². The summed E-state index contributed by atoms with van der Waals surface area (Å²) in [6, 6.07) is 12.8. The molecule has 8 nitrogen and oxygen atoms in total. The van der Waals surface area contributed by atoms with Crippen molar-refractivity contribution in [3.05, 3.63) is 53.1 Å². The molecule has 176 valence electrons. The van der Waals surface area contributed by atoms with Gasteiger partial charge < -0.3 is 19.3 Å². The summed E-state index contributed by atoms with van der Waals surface area (Å²) in [4.78, 5) is 33.1. The van der Waals surface area contributed by atoms with Gasteiger partial charge in [-0.15, -0.1) is 0 Å². The first-order valence-corrected chi connectivity index (χ1v) is 11.4. The van der Waals surface area contributed by atoms with Gasteiger partial charge in [0.25, 0.3) is 0 Å². The highest BCUT2D eigenvalue weighted by Gasteiger charge is 2.32. The lowest BCUT2D eigenvalue weighted by atomic mass is 10.1. The summed E-state index contributed by atoms with van der Waals surface area (Å²) in [6.07, 6.45) is 0. The molecule has 2 saturated heterocycles. The van der Waals surface area contributed by atoms with Crippen molar-refractivity contribution in [1.29, 1.82) is 0 Å². The fourth-order valence-corrected chi connectivity index (χ4v) is 4.46. The smallest absolute Gasteiger partial charge is 0.325 e. The van der Waals surface area contributed by atoms with Gasteiger partial charge in [0.1, 0.15) is 18.0 Å². The normalized spacial score (nSPS) is 16.9. The highest BCUT2D eigenvalue weighted by Crippen LogP contribution is 2.26. The zero-order valence-electron chi connectivity index (χ0n) is 19.0. The third kappa shape index (κ3) is 5.34. The van der Waals surface area contributed by atoms with Crippen molar-refractivity contribution in [3.8, 4) is 11.5 Å². The van der Waals surface area contributed by atoms with Crippen LogP contribution in [0.25, 0.3) is 0 Å². The summed E-state index contributed by atoms with van der Waals surface area (Å²) in [7, 11) is 3.31. The largest absolute Gasteiger partial charge is 0.497 e. The Kier molecular flexibility index (Phi) is 7.25. The Morgan fingerprint density at radius 1 is 0.970 bits per heavy atom. The SMILES string of the molecule is COc1ccc(OC)c(CN2CCN(C(=O)CN3CCN(c4cccc(Cl)c4)C3=O)CC2)c1. The molecule has 9 heteroatoms. The van der Waals surface area contributed by atoms with Crippen LogP contribution in [0.1, 0.15) is 5.56 Å². The molecule has 0 aliphatic carbocycles. The molecule has 0 aromatic heterocycles. The van der Waals surface area contributed by atoms with Crippen LogP contribution >= 0.6 is 11.6 Å². The van der Waals surface area contributed by atoms with Crippen LogP contribution < -0.4 is 14.4 Å². The minimum atomic E-state index is -0.158. The van der Waals surface area contributed by atoms with Crippen LogP contribution in [0.15, 0.2) is 42.5 Å². The maximum atomic E-state index is 12.9. The second-order valence-corrected chi connectivity index (χ2v) is 8.61. The maximum Gasteiger partial charge on any atom is 0.325 e. The number of amides is 3. The molecule has 2 heterocycles. The number of nitrogens with zero attached hydrogens (tertiary/aromatic N) is 4. The van der Waals surface area contributed by atoms with Gasteiger partial charge in [-0.25, -0.2) is 4.79 Å². The quantitative estimate of drug-likeness (QED) is 0.620. The minimum absolute atomic E-state index is 0.0186. The highest BCUT2D eigenvalue weighted by atomic mass is 35.5. The second kappa shape index (κ2) is 10.3. The first-order valence-electron chi connectivity index (χ1n) is 11.0. The summed E-state index contributed by atoms with van der Waals surface area (Å²) in [6.45, 7) is 4.66. The lowest BCUT2D eigenvalue weighted by Gasteiger charge is -2.35. The van der Waals surface area contributed by atoms with E-state index < -0.39 is 0 Å². The minimum Gasteiger partial charge on any atom is -0.497 e. The number of hydrogen-bond acceptors (Lipinski definition) is 5. The van der Waals surface area contributed by atoms with E-state index in [1.165, 1.54) is 0 Å². The van der Waals surface area contributed by atoms with Crippen molar-refractivity contribution < 1.29 is 19.1 Å². The number of hydrogen-bond donors (Lipinski definition) is 0. The Hall–Kier alpha value is -2.97. The number of anilines is 1. The molecule has 4 rings (SSSR count). The molecule has 2 aliphatic heterocycles. The number of urea groups is 1. The number of benzene rings is 2. The van der Waals surface area contributed by atoms with Gasteiger partial charge in [-0.2, -0.15) is 0 Å². The third-order valence-corrected chi connectivity index (χ3v) is 6.38. The molecule has 0 saturated carbocycles. The Bertz CT molecular complexity index is 1010. The van der Waals surface area contributed by atoms with E-state index in [1.54, 1.807) is 36.2 Å². The van der Waals surface area contributed by atoms with Crippen molar-refractivity contribution in [2.24, 2.45) is 0 Å². The first-order chi connectivity index (χ1) is 16.0. The molecular formula is C24H29ClN4O4. The molecule has 2 aromatic rings. The van der Waals surface area contributed by atoms with Crippen molar-refractivity contribution in [3.63, 3.8) is 0 Å². The molecular weight excluding hydrogens is 444 g/mol. The molecule has 3 amide bonds. The van der Waals surface area contributed by atoms with Gasteiger partial charge in [0, 0.05) is 62.1 Å². The van der Waals surface area contributed by atoms with Gasteiger partial charge in [0.15, 0.2) is 0 Å². The van der Waals surface area contributed by atoms with Crippen LogP contribution in [0.5, 0.6) is 11.5 Å². The molecule has 0 spiro atoms. The Morgan fingerprint density at radius 2 is 1.76 bits per heavy atom. The van der Waals surface area contributed by atoms with E-state index in [4.69, 9.17) is 21.1 Å². The van der Waals surface area contributed by atoms with E-state index in [-0.39, 0.29) is 18.5 Å². The van der Waals surface area contributed by atoms with Gasteiger partial charge >= 0.3 is 6.03 Å². The molecule has 2 fully saturated rings. The van der Waals surface area contributed by atoms with E-state index in [9.17, 15) is 9.59 Å². The molecule has 0 N–H and O–H groups in total. The summed E-state index contributed by atoms with van der Waals surface area (Å²) < 4.78 is 10.8. The van der Waals surface area contributed by atoms with E-state index in [0.29, 0.717) is 31.2 Å². The highest BCUT2D eigenvalue weighted by molar-refractivity contribution is 6.30. The number of carbonyl (C=O) groups excluding carboxylic acids is 2. The second-order valence-electron chi connectivity index (χ2n) is 8.17. The summed E-state index contributed by atoms with van der Waals surface area (Å²) in [5.74, 6) is 1.60. The fraction of sp³-hybridized carbons (Fsp3) is 0.417. The van der Waals surface area contributed by atoms with Crippen LogP contribution in [0.2, 0.25) is 5.02 Å². The van der Waals surface area contributed by atoms with Gasteiger partial charge in [-0.1, -0.05) is 17.7 Å². The van der Waals surface area contributed by atoms with E-state index in [0.717, 1.165) is 42.4 Å². The Labute approximate surface area is 199 Å². The number of piperazine rings is 1. The molecule has 0 bridgehead atoms. The van der Waals surface area contributed by atoms with Crippen molar-refractivity contribution in [1.82, 2.24) is 14.7 Å². The molecule has 2 aliphatic rings. The molecule has 0 unspecified atom stereocenters. The fourth-order valence-electron chi connectivity index (χ4n) is 4.28. The van der Waals surface area contributed by atoms with Crippen molar-refractivity contribution in [2.45, 2.75) is 6.54 Å². The summed E-state index contributed by atoms with van der Waals surface area (Å²) in [5.41, 5.74) is 1.81. The van der Waals surface area contributed by atoms with Crippen LogP contribution in [0, 0.1) is 0 Å². The standard InChI is InChI=1S/C24H29ClN4O4/c1-32-21-6-7-22(33-2)18(14-21)16-26-8-10-27(11-9-26)23(30)17-28-12-13-29(24(28)31)20-5-3-4-19(25)15-20/h3-7,14-15H,8-13,16-17H2,1-2H3. The number of rotatable bonds is 7. The van der Waals surface area contributed by atoms with Crippen LogP contribution in [-0.2, 0) is 11.3 Å². The average Bonchev–Trinajstić information content (AvgIpc) is 3.19. The number of methoxy groups -OCH3 is 2.